The van der Waals surface area contributed by atoms with Crippen LogP contribution in [0.15, 0.2) is 0 Å². The lowest BCUT2D eigenvalue weighted by atomic mass is 9.81. The predicted octanol–water partition coefficient (Wildman–Crippen LogP) is 1.89. The molecule has 2 aliphatic carbocycles. The number of thioether (sulfide) groups is 1. The third kappa shape index (κ3) is 3.19. The van der Waals surface area contributed by atoms with Crippen LogP contribution in [0.25, 0.3) is 0 Å². The van der Waals surface area contributed by atoms with E-state index in [1.54, 1.807) is 0 Å². The van der Waals surface area contributed by atoms with Gasteiger partial charge in [0.2, 0.25) is 5.91 Å². The van der Waals surface area contributed by atoms with Crippen LogP contribution in [-0.4, -0.2) is 34.5 Å². The second-order valence-corrected chi connectivity index (χ2v) is 6.78. The van der Waals surface area contributed by atoms with Crippen LogP contribution < -0.4 is 5.32 Å². The number of carboxylic acids is 1. The van der Waals surface area contributed by atoms with E-state index in [2.05, 4.69) is 11.6 Å². The molecule has 18 heavy (non-hydrogen) atoms. The average molecular weight is 271 g/mol. The molecule has 4 nitrogen and oxygen atoms in total. The van der Waals surface area contributed by atoms with Crippen molar-refractivity contribution in [1.82, 2.24) is 5.32 Å². The molecule has 0 spiro atoms. The number of amides is 1. The molecule has 2 N–H and O–H groups in total. The van der Waals surface area contributed by atoms with Crippen molar-refractivity contribution in [2.24, 2.45) is 11.8 Å². The fourth-order valence-electron chi connectivity index (χ4n) is 2.64. The van der Waals surface area contributed by atoms with Crippen molar-refractivity contribution in [3.8, 4) is 0 Å². The maximum atomic E-state index is 12.0. The lowest BCUT2D eigenvalue weighted by Gasteiger charge is -2.26. The Morgan fingerprint density at radius 2 is 2.00 bits per heavy atom. The molecule has 2 saturated carbocycles. The van der Waals surface area contributed by atoms with Gasteiger partial charge in [0.1, 0.15) is 0 Å². The molecule has 0 aliphatic heterocycles. The minimum absolute atomic E-state index is 0.0567. The Balaban J connectivity index is 1.79. The summed E-state index contributed by atoms with van der Waals surface area (Å²) in [5, 5.41) is 12.0. The molecular formula is C13H21NO3S. The Bertz CT molecular complexity index is 341. The summed E-state index contributed by atoms with van der Waals surface area (Å²) >= 11 is 1.82. The fourth-order valence-corrected chi connectivity index (χ4v) is 3.36. The summed E-state index contributed by atoms with van der Waals surface area (Å²) in [4.78, 5) is 23.0. The van der Waals surface area contributed by atoms with Gasteiger partial charge in [-0.2, -0.15) is 11.8 Å². The molecule has 2 fully saturated rings. The first-order valence-electron chi connectivity index (χ1n) is 6.62. The number of carbonyl (C=O) groups is 2. The van der Waals surface area contributed by atoms with Crippen molar-refractivity contribution in [1.29, 1.82) is 0 Å². The van der Waals surface area contributed by atoms with E-state index in [0.29, 0.717) is 12.8 Å². The molecular weight excluding hydrogens is 250 g/mol. The number of hydrogen-bond donors (Lipinski definition) is 2. The Morgan fingerprint density at radius 1 is 1.33 bits per heavy atom. The molecule has 0 aromatic carbocycles. The van der Waals surface area contributed by atoms with Crippen LogP contribution >= 0.6 is 11.8 Å². The van der Waals surface area contributed by atoms with Crippen molar-refractivity contribution >= 4 is 23.6 Å². The summed E-state index contributed by atoms with van der Waals surface area (Å²) in [5.41, 5.74) is 0. The van der Waals surface area contributed by atoms with Gasteiger partial charge >= 0.3 is 5.97 Å². The van der Waals surface area contributed by atoms with E-state index in [4.69, 9.17) is 5.11 Å². The zero-order valence-corrected chi connectivity index (χ0v) is 11.6. The molecule has 0 bridgehead atoms. The van der Waals surface area contributed by atoms with E-state index >= 15 is 0 Å². The summed E-state index contributed by atoms with van der Waals surface area (Å²) in [6.07, 6.45) is 7.35. The first kappa shape index (κ1) is 13.7. The fraction of sp³-hybridized carbons (Fsp3) is 0.846. The predicted molar refractivity (Wildman–Crippen MR) is 71.6 cm³/mol. The Morgan fingerprint density at radius 3 is 2.56 bits per heavy atom. The average Bonchev–Trinajstić information content (AvgIpc) is 3.17. The van der Waals surface area contributed by atoms with E-state index in [1.807, 2.05) is 11.8 Å². The van der Waals surface area contributed by atoms with Gasteiger partial charge in [-0.05, 0) is 38.4 Å². The smallest absolute Gasteiger partial charge is 0.306 e. The summed E-state index contributed by atoms with van der Waals surface area (Å²) < 4.78 is 0.274. The quantitative estimate of drug-likeness (QED) is 0.801. The van der Waals surface area contributed by atoms with Gasteiger partial charge in [-0.3, -0.25) is 9.59 Å². The minimum atomic E-state index is -0.754. The summed E-state index contributed by atoms with van der Waals surface area (Å²) in [5.74, 6) is -1.13. The number of hydrogen-bond acceptors (Lipinski definition) is 3. The molecule has 0 saturated heterocycles. The van der Waals surface area contributed by atoms with Crippen LogP contribution in [0.1, 0.15) is 38.5 Å². The second-order valence-electron chi connectivity index (χ2n) is 5.50. The standard InChI is InChI=1S/C13H21NO3S/c1-18-13(5-6-13)8-14-11(15)9-3-2-4-10(7-9)12(16)17/h9-10H,2-8H2,1H3,(H,14,15)(H,16,17). The van der Waals surface area contributed by atoms with Gasteiger partial charge in [0, 0.05) is 17.2 Å². The molecule has 0 aromatic rings. The van der Waals surface area contributed by atoms with Gasteiger partial charge in [-0.15, -0.1) is 0 Å². The number of carbonyl (C=O) groups excluding carboxylic acids is 1. The van der Waals surface area contributed by atoms with E-state index in [-0.39, 0.29) is 22.5 Å². The number of rotatable bonds is 5. The van der Waals surface area contributed by atoms with Crippen LogP contribution in [0.4, 0.5) is 0 Å². The summed E-state index contributed by atoms with van der Waals surface area (Å²) in [7, 11) is 0. The molecule has 5 heteroatoms. The van der Waals surface area contributed by atoms with Crippen molar-refractivity contribution in [3.05, 3.63) is 0 Å². The molecule has 1 amide bonds. The normalized spacial score (nSPS) is 29.6. The molecule has 0 radical (unpaired) electrons. The second kappa shape index (κ2) is 5.51. The molecule has 2 atom stereocenters. The highest BCUT2D eigenvalue weighted by Gasteiger charge is 2.42. The van der Waals surface area contributed by atoms with E-state index in [0.717, 1.165) is 19.4 Å². The van der Waals surface area contributed by atoms with Gasteiger partial charge in [0.05, 0.1) is 5.92 Å². The van der Waals surface area contributed by atoms with Gasteiger partial charge in [-0.25, -0.2) is 0 Å². The topological polar surface area (TPSA) is 66.4 Å². The lowest BCUT2D eigenvalue weighted by molar-refractivity contribution is -0.144. The van der Waals surface area contributed by atoms with Crippen molar-refractivity contribution < 1.29 is 14.7 Å². The summed E-state index contributed by atoms with van der Waals surface area (Å²) in [6, 6.07) is 0. The molecule has 2 unspecified atom stereocenters. The molecule has 2 aliphatic rings. The first-order chi connectivity index (χ1) is 8.56. The zero-order chi connectivity index (χ0) is 13.2. The molecule has 0 aromatic heterocycles. The van der Waals surface area contributed by atoms with E-state index < -0.39 is 5.97 Å². The molecule has 102 valence electrons. The number of carboxylic acid groups (broad SMARTS) is 1. The van der Waals surface area contributed by atoms with Crippen molar-refractivity contribution in [3.63, 3.8) is 0 Å². The first-order valence-corrected chi connectivity index (χ1v) is 7.84. The van der Waals surface area contributed by atoms with Gasteiger partial charge < -0.3 is 10.4 Å². The Kier molecular flexibility index (Phi) is 4.20. The van der Waals surface area contributed by atoms with E-state index in [1.165, 1.54) is 12.8 Å². The van der Waals surface area contributed by atoms with Crippen LogP contribution in [0.5, 0.6) is 0 Å². The number of aliphatic carboxylic acids is 1. The molecule has 0 heterocycles. The largest absolute Gasteiger partial charge is 0.481 e. The van der Waals surface area contributed by atoms with Crippen LogP contribution in [0, 0.1) is 11.8 Å². The third-order valence-corrected chi connectivity index (χ3v) is 5.64. The van der Waals surface area contributed by atoms with Crippen LogP contribution in [-0.2, 0) is 9.59 Å². The van der Waals surface area contributed by atoms with Crippen LogP contribution in [0.2, 0.25) is 0 Å². The van der Waals surface area contributed by atoms with Crippen LogP contribution in [0.3, 0.4) is 0 Å². The maximum absolute atomic E-state index is 12.0. The lowest BCUT2D eigenvalue weighted by Crippen LogP contribution is -2.39. The highest BCUT2D eigenvalue weighted by molar-refractivity contribution is 8.00. The highest BCUT2D eigenvalue weighted by Crippen LogP contribution is 2.46. The maximum Gasteiger partial charge on any atom is 0.306 e. The van der Waals surface area contributed by atoms with Crippen molar-refractivity contribution in [2.45, 2.75) is 43.3 Å². The Labute approximate surface area is 112 Å². The highest BCUT2D eigenvalue weighted by atomic mass is 32.2. The van der Waals surface area contributed by atoms with Crippen molar-refractivity contribution in [2.75, 3.05) is 12.8 Å². The van der Waals surface area contributed by atoms with Gasteiger partial charge in [0.15, 0.2) is 0 Å². The third-order valence-electron chi connectivity index (χ3n) is 4.22. The van der Waals surface area contributed by atoms with E-state index in [9.17, 15) is 9.59 Å². The van der Waals surface area contributed by atoms with Gasteiger partial charge in [0.25, 0.3) is 0 Å². The molecule has 2 rings (SSSR count). The van der Waals surface area contributed by atoms with Gasteiger partial charge in [-0.1, -0.05) is 6.42 Å². The minimum Gasteiger partial charge on any atom is -0.481 e. The Hall–Kier alpha value is -0.710. The number of nitrogens with one attached hydrogen (secondary N) is 1. The SMILES string of the molecule is CSC1(CNC(=O)C2CCCC(C(=O)O)C2)CC1. The monoisotopic (exact) mass is 271 g/mol. The summed E-state index contributed by atoms with van der Waals surface area (Å²) in [6.45, 7) is 0.737. The zero-order valence-electron chi connectivity index (χ0n) is 10.8.